The normalized spacial score (nSPS) is 24.7. The van der Waals surface area contributed by atoms with Crippen molar-refractivity contribution in [3.63, 3.8) is 0 Å². The predicted octanol–water partition coefficient (Wildman–Crippen LogP) is 2.37. The van der Waals surface area contributed by atoms with Gasteiger partial charge in [-0.2, -0.15) is 0 Å². The molecule has 1 heterocycles. The van der Waals surface area contributed by atoms with E-state index in [-0.39, 0.29) is 6.04 Å². The molecule has 1 saturated heterocycles. The highest BCUT2D eigenvalue weighted by atomic mass is 19.1. The van der Waals surface area contributed by atoms with E-state index in [1.807, 2.05) is 0 Å². The first-order valence-electron chi connectivity index (χ1n) is 4.59. The molecule has 1 rings (SSSR count). The summed E-state index contributed by atoms with van der Waals surface area (Å²) in [6.45, 7) is 8.15. The topological polar surface area (TPSA) is 12.0 Å². The van der Waals surface area contributed by atoms with Crippen LogP contribution in [-0.4, -0.2) is 18.8 Å². The molecule has 0 aromatic carbocycles. The van der Waals surface area contributed by atoms with Gasteiger partial charge >= 0.3 is 0 Å². The Kier molecular flexibility index (Phi) is 3.90. The van der Waals surface area contributed by atoms with E-state index in [0.717, 1.165) is 18.5 Å². The lowest BCUT2D eigenvalue weighted by Gasteiger charge is -2.30. The van der Waals surface area contributed by atoms with Crippen LogP contribution in [0.1, 0.15) is 12.8 Å². The zero-order valence-electron chi connectivity index (χ0n) is 7.80. The maximum Gasteiger partial charge on any atom is 0.119 e. The van der Waals surface area contributed by atoms with Crippen molar-refractivity contribution in [1.82, 2.24) is 5.32 Å². The van der Waals surface area contributed by atoms with E-state index in [1.54, 1.807) is 18.2 Å². The van der Waals surface area contributed by atoms with Gasteiger partial charge in [0, 0.05) is 12.5 Å². The van der Waals surface area contributed by atoms with Crippen LogP contribution in [0.15, 0.2) is 37.0 Å². The molecule has 1 aliphatic heterocycles. The molecule has 13 heavy (non-hydrogen) atoms. The van der Waals surface area contributed by atoms with E-state index >= 15 is 0 Å². The SMILES string of the molecule is C=C/C=C(\C=C)CC(F)C1CCN1. The van der Waals surface area contributed by atoms with Gasteiger partial charge in [0.1, 0.15) is 6.17 Å². The first-order valence-corrected chi connectivity index (χ1v) is 4.59. The molecule has 0 bridgehead atoms. The number of allylic oxidation sites excluding steroid dienone is 4. The summed E-state index contributed by atoms with van der Waals surface area (Å²) in [5.74, 6) is 0. The highest BCUT2D eigenvalue weighted by Crippen LogP contribution is 2.18. The van der Waals surface area contributed by atoms with Crippen LogP contribution in [-0.2, 0) is 0 Å². The third-order valence-corrected chi connectivity index (χ3v) is 2.32. The minimum Gasteiger partial charge on any atom is -0.311 e. The van der Waals surface area contributed by atoms with Crippen molar-refractivity contribution in [2.24, 2.45) is 0 Å². The number of rotatable bonds is 5. The molecule has 72 valence electrons. The Bertz CT molecular complexity index is 216. The van der Waals surface area contributed by atoms with E-state index in [1.165, 1.54) is 0 Å². The lowest BCUT2D eigenvalue weighted by atomic mass is 9.96. The summed E-state index contributed by atoms with van der Waals surface area (Å²) in [6, 6.07) is 0.0492. The summed E-state index contributed by atoms with van der Waals surface area (Å²) in [5, 5.41) is 3.05. The van der Waals surface area contributed by atoms with Gasteiger partial charge in [0.15, 0.2) is 0 Å². The lowest BCUT2D eigenvalue weighted by Crippen LogP contribution is -2.49. The van der Waals surface area contributed by atoms with Crippen molar-refractivity contribution in [2.45, 2.75) is 25.1 Å². The van der Waals surface area contributed by atoms with Crippen molar-refractivity contribution in [3.8, 4) is 0 Å². The predicted molar refractivity (Wildman–Crippen MR) is 54.4 cm³/mol. The monoisotopic (exact) mass is 181 g/mol. The second-order valence-electron chi connectivity index (χ2n) is 3.25. The van der Waals surface area contributed by atoms with Crippen LogP contribution in [0.5, 0.6) is 0 Å². The third-order valence-electron chi connectivity index (χ3n) is 2.32. The van der Waals surface area contributed by atoms with Crippen LogP contribution in [0.4, 0.5) is 4.39 Å². The van der Waals surface area contributed by atoms with Crippen LogP contribution >= 0.6 is 0 Å². The van der Waals surface area contributed by atoms with Crippen molar-refractivity contribution in [3.05, 3.63) is 37.0 Å². The largest absolute Gasteiger partial charge is 0.311 e. The molecule has 2 atom stereocenters. The Hall–Kier alpha value is -0.890. The van der Waals surface area contributed by atoms with Crippen molar-refractivity contribution in [1.29, 1.82) is 0 Å². The third kappa shape index (κ3) is 2.81. The Morgan fingerprint density at radius 3 is 2.69 bits per heavy atom. The molecule has 0 spiro atoms. The van der Waals surface area contributed by atoms with Crippen LogP contribution in [0.25, 0.3) is 0 Å². The number of hydrogen-bond donors (Lipinski definition) is 1. The number of alkyl halides is 1. The molecule has 0 aliphatic carbocycles. The zero-order chi connectivity index (χ0) is 9.68. The Morgan fingerprint density at radius 1 is 1.62 bits per heavy atom. The van der Waals surface area contributed by atoms with Gasteiger partial charge in [-0.25, -0.2) is 4.39 Å². The van der Waals surface area contributed by atoms with Crippen molar-refractivity contribution >= 4 is 0 Å². The summed E-state index contributed by atoms with van der Waals surface area (Å²) < 4.78 is 13.4. The fraction of sp³-hybridized carbons (Fsp3) is 0.455. The van der Waals surface area contributed by atoms with E-state index in [2.05, 4.69) is 18.5 Å². The molecule has 0 radical (unpaired) electrons. The minimum absolute atomic E-state index is 0.0492. The van der Waals surface area contributed by atoms with Gasteiger partial charge in [-0.15, -0.1) is 0 Å². The Balaban J connectivity index is 2.40. The summed E-state index contributed by atoms with van der Waals surface area (Å²) >= 11 is 0. The molecule has 2 unspecified atom stereocenters. The fourth-order valence-electron chi connectivity index (χ4n) is 1.36. The van der Waals surface area contributed by atoms with Gasteiger partial charge in [0.2, 0.25) is 0 Å². The van der Waals surface area contributed by atoms with Crippen LogP contribution < -0.4 is 5.32 Å². The number of halogens is 1. The second-order valence-corrected chi connectivity index (χ2v) is 3.25. The summed E-state index contributed by atoms with van der Waals surface area (Å²) in [7, 11) is 0. The maximum atomic E-state index is 13.4. The smallest absolute Gasteiger partial charge is 0.119 e. The lowest BCUT2D eigenvalue weighted by molar-refractivity contribution is 0.192. The molecular formula is C11H16FN. The molecular weight excluding hydrogens is 165 g/mol. The average Bonchev–Trinajstić information content (AvgIpc) is 2.00. The van der Waals surface area contributed by atoms with Gasteiger partial charge in [-0.05, 0) is 18.5 Å². The molecule has 0 aromatic rings. The molecule has 2 heteroatoms. The zero-order valence-corrected chi connectivity index (χ0v) is 7.80. The summed E-state index contributed by atoms with van der Waals surface area (Å²) in [4.78, 5) is 0. The Morgan fingerprint density at radius 2 is 2.31 bits per heavy atom. The maximum absolute atomic E-state index is 13.4. The van der Waals surface area contributed by atoms with E-state index in [4.69, 9.17) is 0 Å². The van der Waals surface area contributed by atoms with Crippen LogP contribution in [0.3, 0.4) is 0 Å². The molecule has 1 N–H and O–H groups in total. The molecule has 0 aromatic heterocycles. The molecule has 0 amide bonds. The molecule has 1 nitrogen and oxygen atoms in total. The van der Waals surface area contributed by atoms with Gasteiger partial charge in [-0.3, -0.25) is 0 Å². The van der Waals surface area contributed by atoms with Gasteiger partial charge in [0.05, 0.1) is 0 Å². The average molecular weight is 181 g/mol. The fourth-order valence-corrected chi connectivity index (χ4v) is 1.36. The van der Waals surface area contributed by atoms with Gasteiger partial charge in [0.25, 0.3) is 0 Å². The van der Waals surface area contributed by atoms with E-state index in [9.17, 15) is 4.39 Å². The summed E-state index contributed by atoms with van der Waals surface area (Å²) in [6.07, 6.45) is 5.74. The summed E-state index contributed by atoms with van der Waals surface area (Å²) in [5.41, 5.74) is 0.913. The highest BCUT2D eigenvalue weighted by Gasteiger charge is 2.26. The van der Waals surface area contributed by atoms with Crippen LogP contribution in [0, 0.1) is 0 Å². The Labute approximate surface area is 79.0 Å². The first kappa shape index (κ1) is 10.2. The number of nitrogens with one attached hydrogen (secondary N) is 1. The van der Waals surface area contributed by atoms with Crippen molar-refractivity contribution in [2.75, 3.05) is 6.54 Å². The van der Waals surface area contributed by atoms with E-state index < -0.39 is 6.17 Å². The highest BCUT2D eigenvalue weighted by molar-refractivity contribution is 5.22. The minimum atomic E-state index is -0.794. The molecule has 1 aliphatic rings. The second kappa shape index (κ2) is 4.97. The van der Waals surface area contributed by atoms with Gasteiger partial charge < -0.3 is 5.32 Å². The molecule has 1 fully saturated rings. The first-order chi connectivity index (χ1) is 6.27. The van der Waals surface area contributed by atoms with Crippen LogP contribution in [0.2, 0.25) is 0 Å². The number of hydrogen-bond acceptors (Lipinski definition) is 1. The quantitative estimate of drug-likeness (QED) is 0.642. The molecule has 0 saturated carbocycles. The standard InChI is InChI=1S/C11H16FN/c1-3-5-9(4-2)8-10(12)11-6-7-13-11/h3-5,10-11,13H,1-2,6-8H2/b9-5+. The van der Waals surface area contributed by atoms with Crippen molar-refractivity contribution < 1.29 is 4.39 Å². The van der Waals surface area contributed by atoms with E-state index in [0.29, 0.717) is 6.42 Å². The van der Waals surface area contributed by atoms with Gasteiger partial charge in [-0.1, -0.05) is 31.4 Å².